The van der Waals surface area contributed by atoms with E-state index in [1.54, 1.807) is 42.7 Å². The van der Waals surface area contributed by atoms with Gasteiger partial charge in [0.15, 0.2) is 5.58 Å². The molecule has 3 heterocycles. The highest BCUT2D eigenvalue weighted by Crippen LogP contribution is 2.46. The molecule has 1 aliphatic rings. The van der Waals surface area contributed by atoms with Gasteiger partial charge in [-0.1, -0.05) is 6.07 Å². The van der Waals surface area contributed by atoms with Gasteiger partial charge in [-0.25, -0.2) is 13.8 Å². The Morgan fingerprint density at radius 3 is 2.49 bits per heavy atom. The van der Waals surface area contributed by atoms with E-state index in [0.29, 0.717) is 46.7 Å². The number of nitrogens with zero attached hydrogens (tertiary/aromatic N) is 2. The van der Waals surface area contributed by atoms with Crippen LogP contribution in [-0.2, 0) is 12.0 Å². The van der Waals surface area contributed by atoms with Gasteiger partial charge in [-0.15, -0.1) is 0 Å². The number of aromatic nitrogens is 2. The van der Waals surface area contributed by atoms with Crippen molar-refractivity contribution in [2.24, 2.45) is 5.73 Å². The molecule has 226 valence electrons. The van der Waals surface area contributed by atoms with Gasteiger partial charge in [-0.2, -0.15) is 0 Å². The van der Waals surface area contributed by atoms with Crippen LogP contribution in [0.3, 0.4) is 0 Å². The summed E-state index contributed by atoms with van der Waals surface area (Å²) in [6, 6.07) is 13.6. The predicted octanol–water partition coefficient (Wildman–Crippen LogP) is 6.34. The van der Waals surface area contributed by atoms with Crippen molar-refractivity contribution in [3.8, 4) is 17.1 Å². The SMILES string of the molecule is COc1cc(C)c(Cc2ccc3oc(-c4ccc(F)cc4)c(C(N)=O)c3c2F)cc1C(=O)NC1(c2nc3ccncc3o2)CC1. The first-order valence-electron chi connectivity index (χ1n) is 14.2. The van der Waals surface area contributed by atoms with Gasteiger partial charge in [-0.05, 0) is 85.0 Å². The van der Waals surface area contributed by atoms with E-state index in [1.165, 1.54) is 31.4 Å². The number of nitrogens with one attached hydrogen (secondary N) is 1. The Hall–Kier alpha value is -5.58. The van der Waals surface area contributed by atoms with Gasteiger partial charge in [0.2, 0.25) is 5.89 Å². The first-order chi connectivity index (χ1) is 21.7. The molecule has 2 amide bonds. The molecule has 3 aromatic carbocycles. The van der Waals surface area contributed by atoms with Crippen molar-refractivity contribution in [2.45, 2.75) is 31.7 Å². The highest BCUT2D eigenvalue weighted by Gasteiger charge is 2.50. The Morgan fingerprint density at radius 1 is 1.02 bits per heavy atom. The third-order valence-corrected chi connectivity index (χ3v) is 8.21. The van der Waals surface area contributed by atoms with E-state index in [4.69, 9.17) is 19.3 Å². The number of aryl methyl sites for hydroxylation is 1. The van der Waals surface area contributed by atoms with E-state index in [-0.39, 0.29) is 39.8 Å². The number of nitrogens with two attached hydrogens (primary N) is 1. The molecule has 11 heteroatoms. The Morgan fingerprint density at radius 2 is 1.80 bits per heavy atom. The minimum atomic E-state index is -0.882. The van der Waals surface area contributed by atoms with Crippen LogP contribution in [-0.4, -0.2) is 28.9 Å². The van der Waals surface area contributed by atoms with E-state index < -0.39 is 29.0 Å². The number of ether oxygens (including phenoxy) is 1. The number of primary amides is 1. The van der Waals surface area contributed by atoms with Crippen LogP contribution in [0.4, 0.5) is 8.78 Å². The number of halogens is 2. The molecule has 6 aromatic rings. The predicted molar refractivity (Wildman–Crippen MR) is 161 cm³/mol. The highest BCUT2D eigenvalue weighted by molar-refractivity contribution is 6.11. The molecule has 3 aromatic heterocycles. The molecule has 0 atom stereocenters. The van der Waals surface area contributed by atoms with Crippen LogP contribution in [0.15, 0.2) is 75.8 Å². The normalized spacial score (nSPS) is 13.7. The molecular weight excluding hydrogens is 582 g/mol. The summed E-state index contributed by atoms with van der Waals surface area (Å²) < 4.78 is 47.0. The lowest BCUT2D eigenvalue weighted by molar-refractivity contribution is 0.0919. The lowest BCUT2D eigenvalue weighted by Crippen LogP contribution is -2.35. The summed E-state index contributed by atoms with van der Waals surface area (Å²) in [7, 11) is 1.47. The van der Waals surface area contributed by atoms with Crippen LogP contribution >= 0.6 is 0 Å². The number of oxazole rings is 1. The number of hydrogen-bond donors (Lipinski definition) is 2. The summed E-state index contributed by atoms with van der Waals surface area (Å²) in [4.78, 5) is 34.8. The van der Waals surface area contributed by atoms with Gasteiger partial charge in [0.25, 0.3) is 11.8 Å². The summed E-state index contributed by atoms with van der Waals surface area (Å²) in [5.74, 6) is -1.60. The van der Waals surface area contributed by atoms with E-state index in [0.717, 1.165) is 5.56 Å². The molecular formula is C34H26F2N4O5. The van der Waals surface area contributed by atoms with E-state index in [2.05, 4.69) is 15.3 Å². The summed E-state index contributed by atoms with van der Waals surface area (Å²) in [6.45, 7) is 1.84. The maximum atomic E-state index is 16.2. The van der Waals surface area contributed by atoms with Crippen LogP contribution in [0.25, 0.3) is 33.4 Å². The average Bonchev–Trinajstić information content (AvgIpc) is 3.49. The van der Waals surface area contributed by atoms with Crippen molar-refractivity contribution in [1.82, 2.24) is 15.3 Å². The molecule has 0 spiro atoms. The van der Waals surface area contributed by atoms with E-state index >= 15 is 4.39 Å². The smallest absolute Gasteiger partial charge is 0.255 e. The number of carbonyl (C=O) groups excluding carboxylic acids is 2. The van der Waals surface area contributed by atoms with Gasteiger partial charge in [0.1, 0.15) is 39.8 Å². The number of carbonyl (C=O) groups is 2. The van der Waals surface area contributed by atoms with Crippen molar-refractivity contribution in [2.75, 3.05) is 7.11 Å². The zero-order valence-electron chi connectivity index (χ0n) is 24.2. The lowest BCUT2D eigenvalue weighted by atomic mass is 9.95. The van der Waals surface area contributed by atoms with E-state index in [1.807, 2.05) is 6.92 Å². The number of hydrogen-bond acceptors (Lipinski definition) is 7. The zero-order valence-corrected chi connectivity index (χ0v) is 24.2. The molecule has 9 nitrogen and oxygen atoms in total. The molecule has 1 fully saturated rings. The molecule has 1 saturated carbocycles. The largest absolute Gasteiger partial charge is 0.496 e. The van der Waals surface area contributed by atoms with Crippen LogP contribution in [0.2, 0.25) is 0 Å². The number of rotatable bonds is 8. The van der Waals surface area contributed by atoms with Gasteiger partial charge in [0, 0.05) is 18.2 Å². The third-order valence-electron chi connectivity index (χ3n) is 8.21. The van der Waals surface area contributed by atoms with Gasteiger partial charge in [-0.3, -0.25) is 14.6 Å². The second kappa shape index (κ2) is 10.5. The molecule has 45 heavy (non-hydrogen) atoms. The number of pyridine rings is 1. The quantitative estimate of drug-likeness (QED) is 0.206. The molecule has 0 unspecified atom stereocenters. The highest BCUT2D eigenvalue weighted by atomic mass is 19.1. The Balaban J connectivity index is 1.23. The fourth-order valence-electron chi connectivity index (χ4n) is 5.63. The summed E-state index contributed by atoms with van der Waals surface area (Å²) in [5.41, 5.74) is 8.45. The number of fused-ring (bicyclic) bond motifs is 2. The first-order valence-corrected chi connectivity index (χ1v) is 14.2. The van der Waals surface area contributed by atoms with Gasteiger partial charge >= 0.3 is 0 Å². The zero-order chi connectivity index (χ0) is 31.5. The number of benzene rings is 3. The fourth-order valence-corrected chi connectivity index (χ4v) is 5.63. The average molecular weight is 609 g/mol. The second-order valence-electron chi connectivity index (χ2n) is 11.1. The van der Waals surface area contributed by atoms with E-state index in [9.17, 15) is 14.0 Å². The molecule has 1 aliphatic carbocycles. The molecule has 0 bridgehead atoms. The van der Waals surface area contributed by atoms with Crippen molar-refractivity contribution < 1.29 is 31.9 Å². The van der Waals surface area contributed by atoms with Gasteiger partial charge < -0.3 is 24.6 Å². The maximum absolute atomic E-state index is 16.2. The summed E-state index contributed by atoms with van der Waals surface area (Å²) >= 11 is 0. The Kier molecular flexibility index (Phi) is 6.61. The minimum Gasteiger partial charge on any atom is -0.496 e. The molecule has 3 N–H and O–H groups in total. The first kappa shape index (κ1) is 28.2. The standard InChI is InChI=1S/C34H26F2N4O5/c1-17-13-25(43-2)22(32(42)40-34(10-11-34)33-39-23-9-12-38-16-26(23)45-33)15-20(17)14-19-5-8-24-27(29(19)36)28(31(37)41)30(44-24)18-3-6-21(35)7-4-18/h3-9,12-13,15-16H,10-11,14H2,1-2H3,(H2,37,41)(H,40,42). The lowest BCUT2D eigenvalue weighted by Gasteiger charge is -2.17. The van der Waals surface area contributed by atoms with Crippen molar-refractivity contribution in [3.63, 3.8) is 0 Å². The van der Waals surface area contributed by atoms with Crippen LogP contribution in [0.5, 0.6) is 5.75 Å². The minimum absolute atomic E-state index is 0.0531. The topological polar surface area (TPSA) is 133 Å². The van der Waals surface area contributed by atoms with Crippen LogP contribution < -0.4 is 15.8 Å². The molecule has 7 rings (SSSR count). The Bertz CT molecular complexity index is 2120. The van der Waals surface area contributed by atoms with Crippen molar-refractivity contribution >= 4 is 33.9 Å². The van der Waals surface area contributed by atoms with Gasteiger partial charge in [0.05, 0.1) is 29.8 Å². The van der Waals surface area contributed by atoms with Crippen LogP contribution in [0, 0.1) is 18.6 Å². The Labute approximate surface area is 255 Å². The molecule has 0 radical (unpaired) electrons. The molecule has 0 saturated heterocycles. The van der Waals surface area contributed by atoms with Crippen molar-refractivity contribution in [1.29, 1.82) is 0 Å². The monoisotopic (exact) mass is 608 g/mol. The molecule has 0 aliphatic heterocycles. The second-order valence-corrected chi connectivity index (χ2v) is 11.1. The van der Waals surface area contributed by atoms with Crippen LogP contribution in [0.1, 0.15) is 56.1 Å². The number of methoxy groups -OCH3 is 1. The third kappa shape index (κ3) is 4.86. The summed E-state index contributed by atoms with van der Waals surface area (Å²) in [5, 5.41) is 3.00. The number of amides is 2. The van der Waals surface area contributed by atoms with Crippen molar-refractivity contribution in [3.05, 3.63) is 112 Å². The summed E-state index contributed by atoms with van der Waals surface area (Å²) in [6.07, 6.45) is 4.60. The number of furan rings is 1. The fraction of sp³-hybridized carbons (Fsp3) is 0.176. The maximum Gasteiger partial charge on any atom is 0.255 e.